The van der Waals surface area contributed by atoms with Crippen molar-refractivity contribution in [3.05, 3.63) is 58.6 Å². The first-order valence-corrected chi connectivity index (χ1v) is 14.9. The zero-order valence-electron chi connectivity index (χ0n) is 23.4. The third-order valence-electron chi connectivity index (χ3n) is 5.99. The Balaban J connectivity index is 2.28. The van der Waals surface area contributed by atoms with Crippen LogP contribution in [-0.2, 0) is 26.2 Å². The third-order valence-corrected chi connectivity index (χ3v) is 7.40. The van der Waals surface area contributed by atoms with Crippen LogP contribution in [0.1, 0.15) is 58.1 Å². The van der Waals surface area contributed by atoms with Crippen molar-refractivity contribution >= 4 is 39.1 Å². The number of hydrogen-bond donors (Lipinski definition) is 1. The van der Waals surface area contributed by atoms with E-state index in [2.05, 4.69) is 5.32 Å². The average molecular weight is 566 g/mol. The first-order chi connectivity index (χ1) is 17.7. The number of halogens is 1. The van der Waals surface area contributed by atoms with E-state index in [0.717, 1.165) is 17.4 Å². The second kappa shape index (κ2) is 13.3. The van der Waals surface area contributed by atoms with Gasteiger partial charge in [0, 0.05) is 30.1 Å². The van der Waals surface area contributed by atoms with Gasteiger partial charge < -0.3 is 15.0 Å². The van der Waals surface area contributed by atoms with Crippen molar-refractivity contribution in [1.82, 2.24) is 10.2 Å². The average Bonchev–Trinajstić information content (AvgIpc) is 2.81. The molecule has 8 nitrogen and oxygen atoms in total. The molecule has 38 heavy (non-hydrogen) atoms. The highest BCUT2D eigenvalue weighted by Gasteiger charge is 2.31. The Morgan fingerprint density at radius 2 is 1.74 bits per heavy atom. The van der Waals surface area contributed by atoms with E-state index in [-0.39, 0.29) is 37.7 Å². The molecular formula is C28H40ClN3O5S. The fraction of sp³-hybridized carbons (Fsp3) is 0.500. The van der Waals surface area contributed by atoms with Gasteiger partial charge >= 0.3 is 0 Å². The SMILES string of the molecule is CCC(C(=O)NC(C)(C)C)N(Cc1ccc(OC)cc1)C(=O)CCCN(c1cc(Cl)ccc1C)S(C)(=O)=O. The van der Waals surface area contributed by atoms with Crippen LogP contribution in [0.2, 0.25) is 5.02 Å². The van der Waals surface area contributed by atoms with Crippen LogP contribution in [0.3, 0.4) is 0 Å². The summed E-state index contributed by atoms with van der Waals surface area (Å²) < 4.78 is 31.7. The lowest BCUT2D eigenvalue weighted by atomic mass is 10.0. The fourth-order valence-corrected chi connectivity index (χ4v) is 5.31. The van der Waals surface area contributed by atoms with Crippen molar-refractivity contribution in [1.29, 1.82) is 0 Å². The molecule has 0 bridgehead atoms. The van der Waals surface area contributed by atoms with Gasteiger partial charge in [0.15, 0.2) is 0 Å². The van der Waals surface area contributed by atoms with Crippen LogP contribution in [0, 0.1) is 6.92 Å². The van der Waals surface area contributed by atoms with Crippen molar-refractivity contribution < 1.29 is 22.7 Å². The summed E-state index contributed by atoms with van der Waals surface area (Å²) in [5, 5.41) is 3.41. The van der Waals surface area contributed by atoms with Gasteiger partial charge in [-0.05, 0) is 75.9 Å². The molecule has 2 rings (SSSR count). The number of ether oxygens (including phenoxy) is 1. The van der Waals surface area contributed by atoms with Gasteiger partial charge in [0.25, 0.3) is 0 Å². The molecular weight excluding hydrogens is 526 g/mol. The van der Waals surface area contributed by atoms with Crippen molar-refractivity contribution in [3.63, 3.8) is 0 Å². The monoisotopic (exact) mass is 565 g/mol. The van der Waals surface area contributed by atoms with Gasteiger partial charge in [-0.1, -0.05) is 36.7 Å². The van der Waals surface area contributed by atoms with Crippen LogP contribution in [0.4, 0.5) is 5.69 Å². The number of nitrogens with zero attached hydrogens (tertiary/aromatic N) is 2. The van der Waals surface area contributed by atoms with E-state index in [1.807, 2.05) is 58.9 Å². The van der Waals surface area contributed by atoms with Gasteiger partial charge in [-0.2, -0.15) is 0 Å². The zero-order chi connectivity index (χ0) is 28.7. The molecule has 2 aromatic carbocycles. The maximum atomic E-state index is 13.6. The number of hydrogen-bond acceptors (Lipinski definition) is 5. The molecule has 0 aliphatic carbocycles. The van der Waals surface area contributed by atoms with E-state index in [4.69, 9.17) is 16.3 Å². The summed E-state index contributed by atoms with van der Waals surface area (Å²) in [4.78, 5) is 28.3. The third kappa shape index (κ3) is 9.20. The number of aryl methyl sites for hydroxylation is 1. The van der Waals surface area contributed by atoms with Crippen LogP contribution in [-0.4, -0.2) is 56.6 Å². The Hall–Kier alpha value is -2.78. The molecule has 2 amide bonds. The molecule has 0 heterocycles. The largest absolute Gasteiger partial charge is 0.497 e. The molecule has 210 valence electrons. The smallest absolute Gasteiger partial charge is 0.243 e. The Kier molecular flexibility index (Phi) is 11.0. The van der Waals surface area contributed by atoms with Crippen LogP contribution >= 0.6 is 11.6 Å². The number of methoxy groups -OCH3 is 1. The second-order valence-corrected chi connectivity index (χ2v) is 12.7. The molecule has 1 N–H and O–H groups in total. The summed E-state index contributed by atoms with van der Waals surface area (Å²) in [7, 11) is -2.03. The van der Waals surface area contributed by atoms with Crippen molar-refractivity contribution in [3.8, 4) is 5.75 Å². The Morgan fingerprint density at radius 1 is 1.11 bits per heavy atom. The first-order valence-electron chi connectivity index (χ1n) is 12.6. The molecule has 1 unspecified atom stereocenters. The summed E-state index contributed by atoms with van der Waals surface area (Å²) >= 11 is 6.13. The van der Waals surface area contributed by atoms with E-state index in [9.17, 15) is 18.0 Å². The van der Waals surface area contributed by atoms with Crippen molar-refractivity contribution in [2.45, 2.75) is 72.0 Å². The number of carbonyl (C=O) groups is 2. The number of anilines is 1. The van der Waals surface area contributed by atoms with Gasteiger partial charge in [-0.3, -0.25) is 13.9 Å². The molecule has 1 atom stereocenters. The van der Waals surface area contributed by atoms with Gasteiger partial charge in [0.05, 0.1) is 19.1 Å². The topological polar surface area (TPSA) is 96.0 Å². The summed E-state index contributed by atoms with van der Waals surface area (Å²) in [6.07, 6.45) is 1.91. The Labute approximate surface area is 232 Å². The lowest BCUT2D eigenvalue weighted by Gasteiger charge is -2.33. The lowest BCUT2D eigenvalue weighted by Crippen LogP contribution is -2.53. The summed E-state index contributed by atoms with van der Waals surface area (Å²) in [5.41, 5.74) is 1.65. The van der Waals surface area contributed by atoms with Crippen LogP contribution < -0.4 is 14.4 Å². The number of nitrogens with one attached hydrogen (secondary N) is 1. The van der Waals surface area contributed by atoms with Crippen LogP contribution in [0.5, 0.6) is 5.75 Å². The highest BCUT2D eigenvalue weighted by atomic mass is 35.5. The van der Waals surface area contributed by atoms with Gasteiger partial charge in [-0.25, -0.2) is 8.42 Å². The van der Waals surface area contributed by atoms with Gasteiger partial charge in [0.2, 0.25) is 21.8 Å². The highest BCUT2D eigenvalue weighted by molar-refractivity contribution is 7.92. The number of amides is 2. The summed E-state index contributed by atoms with van der Waals surface area (Å²) in [6, 6.07) is 11.7. The molecule has 0 spiro atoms. The predicted molar refractivity (Wildman–Crippen MR) is 153 cm³/mol. The minimum absolute atomic E-state index is 0.0705. The molecule has 0 fully saturated rings. The lowest BCUT2D eigenvalue weighted by molar-refractivity contribution is -0.142. The molecule has 0 radical (unpaired) electrons. The fourth-order valence-electron chi connectivity index (χ4n) is 4.13. The quantitative estimate of drug-likeness (QED) is 0.394. The standard InChI is InChI=1S/C28H40ClN3O5S/c1-8-24(27(34)30-28(3,4)5)31(19-21-12-15-23(37-6)16-13-21)26(33)10-9-17-32(38(7,35)36)25-18-22(29)14-11-20(25)2/h11-16,18,24H,8-10,17,19H2,1-7H3,(H,30,34). The number of rotatable bonds is 12. The maximum Gasteiger partial charge on any atom is 0.243 e. The van der Waals surface area contributed by atoms with Crippen molar-refractivity contribution in [2.75, 3.05) is 24.2 Å². The predicted octanol–water partition coefficient (Wildman–Crippen LogP) is 4.93. The van der Waals surface area contributed by atoms with Crippen LogP contribution in [0.15, 0.2) is 42.5 Å². The molecule has 0 saturated heterocycles. The number of benzene rings is 2. The zero-order valence-corrected chi connectivity index (χ0v) is 24.9. The minimum atomic E-state index is -3.61. The van der Waals surface area contributed by atoms with E-state index in [1.54, 1.807) is 30.2 Å². The Morgan fingerprint density at radius 3 is 2.26 bits per heavy atom. The normalized spacial score (nSPS) is 12.5. The maximum absolute atomic E-state index is 13.6. The Bertz CT molecular complexity index is 1210. The second-order valence-electron chi connectivity index (χ2n) is 10.4. The van der Waals surface area contributed by atoms with E-state index in [1.165, 1.54) is 4.31 Å². The first kappa shape index (κ1) is 31.4. The summed E-state index contributed by atoms with van der Waals surface area (Å²) in [6.45, 7) is 9.70. The number of carbonyl (C=O) groups excluding carboxylic acids is 2. The molecule has 0 saturated carbocycles. The molecule has 0 aliphatic heterocycles. The number of sulfonamides is 1. The molecule has 2 aromatic rings. The van der Waals surface area contributed by atoms with E-state index in [0.29, 0.717) is 22.9 Å². The van der Waals surface area contributed by atoms with Gasteiger partial charge in [-0.15, -0.1) is 0 Å². The minimum Gasteiger partial charge on any atom is -0.497 e. The van der Waals surface area contributed by atoms with Gasteiger partial charge in [0.1, 0.15) is 11.8 Å². The van der Waals surface area contributed by atoms with Crippen molar-refractivity contribution in [2.24, 2.45) is 0 Å². The summed E-state index contributed by atoms with van der Waals surface area (Å²) in [5.74, 6) is 0.239. The van der Waals surface area contributed by atoms with Crippen LogP contribution in [0.25, 0.3) is 0 Å². The molecule has 10 heteroatoms. The molecule has 0 aliphatic rings. The van der Waals surface area contributed by atoms with E-state index < -0.39 is 21.6 Å². The van der Waals surface area contributed by atoms with E-state index >= 15 is 0 Å². The molecule has 0 aromatic heterocycles. The highest BCUT2D eigenvalue weighted by Crippen LogP contribution is 2.27.